The Morgan fingerprint density at radius 3 is 2.71 bits per heavy atom. The molecule has 0 spiro atoms. The van der Waals surface area contributed by atoms with E-state index in [1.807, 2.05) is 37.3 Å². The zero-order chi connectivity index (χ0) is 23.9. The number of anilines is 1. The van der Waals surface area contributed by atoms with E-state index in [1.165, 1.54) is 11.3 Å². The van der Waals surface area contributed by atoms with Crippen LogP contribution < -0.4 is 10.1 Å². The number of nitrogens with one attached hydrogen (secondary N) is 1. The van der Waals surface area contributed by atoms with Crippen LogP contribution in [-0.2, 0) is 17.9 Å². The van der Waals surface area contributed by atoms with Gasteiger partial charge in [0, 0.05) is 23.0 Å². The molecular weight excluding hydrogens is 450 g/mol. The summed E-state index contributed by atoms with van der Waals surface area (Å²) in [5, 5.41) is 12.8. The second-order valence-electron chi connectivity index (χ2n) is 8.62. The summed E-state index contributed by atoms with van der Waals surface area (Å²) in [6, 6.07) is 11.6. The predicted molar refractivity (Wildman–Crippen MR) is 127 cm³/mol. The van der Waals surface area contributed by atoms with Crippen LogP contribution in [0.1, 0.15) is 45.9 Å². The number of fused-ring (bicyclic) bond motifs is 1. The number of thiazole rings is 1. The average Bonchev–Trinajstić information content (AvgIpc) is 3.37. The lowest BCUT2D eigenvalue weighted by atomic mass is 9.69. The molecular formula is C25H23N5O3S. The van der Waals surface area contributed by atoms with Crippen molar-refractivity contribution in [1.29, 1.82) is 5.26 Å². The molecule has 1 aliphatic carbocycles. The molecule has 1 aliphatic heterocycles. The third kappa shape index (κ3) is 3.70. The molecule has 1 aromatic carbocycles. The van der Waals surface area contributed by atoms with Crippen LogP contribution in [-0.4, -0.2) is 33.8 Å². The van der Waals surface area contributed by atoms with Gasteiger partial charge < -0.3 is 9.64 Å². The second-order valence-corrected chi connectivity index (χ2v) is 9.71. The molecule has 2 aromatic heterocycles. The number of hydrogen-bond acceptors (Lipinski definition) is 7. The molecule has 172 valence electrons. The van der Waals surface area contributed by atoms with Crippen molar-refractivity contribution in [2.45, 2.75) is 39.3 Å². The lowest BCUT2D eigenvalue weighted by molar-refractivity contribution is -0.143. The van der Waals surface area contributed by atoms with E-state index in [2.05, 4.69) is 21.4 Å². The first-order chi connectivity index (χ1) is 16.4. The number of aromatic nitrogens is 2. The Morgan fingerprint density at radius 1 is 1.24 bits per heavy atom. The van der Waals surface area contributed by atoms with Crippen molar-refractivity contribution >= 4 is 28.3 Å². The number of nitriles is 1. The molecule has 3 heterocycles. The maximum absolute atomic E-state index is 13.2. The number of nitrogens with zero attached hydrogens (tertiary/aromatic N) is 4. The minimum Gasteiger partial charge on any atom is -0.496 e. The van der Waals surface area contributed by atoms with Gasteiger partial charge in [-0.3, -0.25) is 19.9 Å². The Morgan fingerprint density at radius 2 is 2.03 bits per heavy atom. The number of aryl methyl sites for hydroxylation is 1. The van der Waals surface area contributed by atoms with E-state index in [-0.39, 0.29) is 11.8 Å². The first kappa shape index (κ1) is 22.0. The van der Waals surface area contributed by atoms with E-state index >= 15 is 0 Å². The summed E-state index contributed by atoms with van der Waals surface area (Å²) < 4.78 is 5.49. The van der Waals surface area contributed by atoms with E-state index in [0.717, 1.165) is 33.8 Å². The number of carbonyl (C=O) groups is 2. The topological polar surface area (TPSA) is 108 Å². The molecule has 0 radical (unpaired) electrons. The van der Waals surface area contributed by atoms with Gasteiger partial charge in [-0.1, -0.05) is 29.5 Å². The molecule has 0 bridgehead atoms. The van der Waals surface area contributed by atoms with Crippen LogP contribution in [0.15, 0.2) is 36.5 Å². The summed E-state index contributed by atoms with van der Waals surface area (Å²) in [5.41, 5.74) is 2.65. The Kier molecular flexibility index (Phi) is 5.54. The number of hydrogen-bond donors (Lipinski definition) is 1. The number of rotatable bonds is 5. The molecule has 1 saturated carbocycles. The highest BCUT2D eigenvalue weighted by atomic mass is 32.1. The van der Waals surface area contributed by atoms with Crippen molar-refractivity contribution in [3.63, 3.8) is 0 Å². The van der Waals surface area contributed by atoms with Crippen molar-refractivity contribution in [3.05, 3.63) is 58.4 Å². The zero-order valence-electron chi connectivity index (χ0n) is 18.9. The van der Waals surface area contributed by atoms with Gasteiger partial charge in [0.05, 0.1) is 42.4 Å². The number of para-hydroxylation sites is 1. The Labute approximate surface area is 201 Å². The lowest BCUT2D eigenvalue weighted by Gasteiger charge is -2.36. The molecule has 1 N–H and O–H groups in total. The summed E-state index contributed by atoms with van der Waals surface area (Å²) in [5.74, 6) is 0.248. The highest BCUT2D eigenvalue weighted by Crippen LogP contribution is 2.44. The van der Waals surface area contributed by atoms with Gasteiger partial charge in [-0.05, 0) is 38.3 Å². The van der Waals surface area contributed by atoms with Crippen LogP contribution in [0, 0.1) is 23.7 Å². The van der Waals surface area contributed by atoms with Crippen LogP contribution in [0.3, 0.4) is 0 Å². The van der Waals surface area contributed by atoms with Crippen LogP contribution in [0.25, 0.3) is 11.1 Å². The van der Waals surface area contributed by atoms with Gasteiger partial charge in [-0.25, -0.2) is 4.98 Å². The molecule has 0 saturated heterocycles. The first-order valence-electron chi connectivity index (χ1n) is 11.0. The van der Waals surface area contributed by atoms with E-state index in [9.17, 15) is 14.9 Å². The number of amides is 2. The summed E-state index contributed by atoms with van der Waals surface area (Å²) in [7, 11) is 1.60. The molecule has 9 heteroatoms. The fraction of sp³-hybridized carbons (Fsp3) is 0.320. The molecule has 2 aliphatic rings. The largest absolute Gasteiger partial charge is 0.496 e. The van der Waals surface area contributed by atoms with E-state index in [1.54, 1.807) is 18.2 Å². The lowest BCUT2D eigenvalue weighted by Crippen LogP contribution is -2.45. The quantitative estimate of drug-likeness (QED) is 0.592. The van der Waals surface area contributed by atoms with Gasteiger partial charge in [-0.2, -0.15) is 5.26 Å². The summed E-state index contributed by atoms with van der Waals surface area (Å²) in [4.78, 5) is 37.6. The Balaban J connectivity index is 1.35. The van der Waals surface area contributed by atoms with Gasteiger partial charge in [0.1, 0.15) is 11.2 Å². The standard InChI is InChI=1S/C25H23N5O3S/c1-15-10-17(16-6-3-4-7-20(16)33-2)18(11-27-15)22(31)29-24-28-19-12-30(13-21(19)34-24)23(32)25(14-26)8-5-9-25/h3-4,6-7,10-11H,5,8-9,12-13H2,1-2H3,(H,28,29,31). The summed E-state index contributed by atoms with van der Waals surface area (Å²) >= 11 is 1.36. The summed E-state index contributed by atoms with van der Waals surface area (Å²) in [6.45, 7) is 2.66. The minimum atomic E-state index is -0.863. The van der Waals surface area contributed by atoms with Crippen LogP contribution in [0.2, 0.25) is 0 Å². The average molecular weight is 474 g/mol. The Bertz CT molecular complexity index is 1320. The first-order valence-corrected chi connectivity index (χ1v) is 11.9. The van der Waals surface area contributed by atoms with Crippen molar-refractivity contribution in [3.8, 4) is 22.9 Å². The molecule has 0 unspecified atom stereocenters. The summed E-state index contributed by atoms with van der Waals surface area (Å²) in [6.07, 6.45) is 3.73. The number of pyridine rings is 1. The number of ether oxygens (including phenoxy) is 1. The predicted octanol–water partition coefficient (Wildman–Crippen LogP) is 4.31. The van der Waals surface area contributed by atoms with Gasteiger partial charge in [-0.15, -0.1) is 0 Å². The van der Waals surface area contributed by atoms with E-state index in [4.69, 9.17) is 4.74 Å². The monoisotopic (exact) mass is 473 g/mol. The second kappa shape index (κ2) is 8.54. The van der Waals surface area contributed by atoms with E-state index < -0.39 is 5.41 Å². The van der Waals surface area contributed by atoms with E-state index in [0.29, 0.717) is 42.4 Å². The van der Waals surface area contributed by atoms with Crippen molar-refractivity contribution in [2.24, 2.45) is 5.41 Å². The third-order valence-electron chi connectivity index (χ3n) is 6.47. The smallest absolute Gasteiger partial charge is 0.259 e. The molecule has 1 fully saturated rings. The number of benzene rings is 1. The molecule has 34 heavy (non-hydrogen) atoms. The fourth-order valence-electron chi connectivity index (χ4n) is 4.44. The van der Waals surface area contributed by atoms with Gasteiger partial charge in [0.15, 0.2) is 5.13 Å². The van der Waals surface area contributed by atoms with Crippen LogP contribution in [0.5, 0.6) is 5.75 Å². The van der Waals surface area contributed by atoms with Gasteiger partial charge in [0.2, 0.25) is 5.91 Å². The van der Waals surface area contributed by atoms with Crippen LogP contribution >= 0.6 is 11.3 Å². The molecule has 2 amide bonds. The van der Waals surface area contributed by atoms with Gasteiger partial charge >= 0.3 is 0 Å². The minimum absolute atomic E-state index is 0.107. The maximum Gasteiger partial charge on any atom is 0.259 e. The maximum atomic E-state index is 13.2. The van der Waals surface area contributed by atoms with Crippen molar-refractivity contribution in [2.75, 3.05) is 12.4 Å². The fourth-order valence-corrected chi connectivity index (χ4v) is 5.42. The highest BCUT2D eigenvalue weighted by Gasteiger charge is 2.48. The highest BCUT2D eigenvalue weighted by molar-refractivity contribution is 7.16. The Hall–Kier alpha value is -3.77. The number of carbonyl (C=O) groups excluding carboxylic acids is 2. The molecule has 8 nitrogen and oxygen atoms in total. The number of methoxy groups -OCH3 is 1. The normalized spacial score (nSPS) is 15.7. The SMILES string of the molecule is COc1ccccc1-c1cc(C)ncc1C(=O)Nc1nc2c(s1)CN(C(=O)C1(C#N)CCC1)C2. The molecule has 0 atom stereocenters. The zero-order valence-corrected chi connectivity index (χ0v) is 19.7. The van der Waals surface area contributed by atoms with Crippen molar-refractivity contribution < 1.29 is 14.3 Å². The van der Waals surface area contributed by atoms with Crippen molar-refractivity contribution in [1.82, 2.24) is 14.9 Å². The molecule has 3 aromatic rings. The third-order valence-corrected chi connectivity index (χ3v) is 7.47. The molecule has 5 rings (SSSR count). The van der Waals surface area contributed by atoms with Crippen LogP contribution in [0.4, 0.5) is 5.13 Å². The van der Waals surface area contributed by atoms with Gasteiger partial charge in [0.25, 0.3) is 5.91 Å².